The second-order valence-corrected chi connectivity index (χ2v) is 6.48. The number of nitrogens with zero attached hydrogens (tertiary/aromatic N) is 1. The van der Waals surface area contributed by atoms with Crippen LogP contribution in [0.5, 0.6) is 0 Å². The van der Waals surface area contributed by atoms with Gasteiger partial charge in [0, 0.05) is 37.2 Å². The Bertz CT molecular complexity index is 270. The van der Waals surface area contributed by atoms with Crippen LogP contribution in [-0.4, -0.2) is 60.7 Å². The molecule has 0 aromatic rings. The van der Waals surface area contributed by atoms with Crippen molar-refractivity contribution in [3.63, 3.8) is 0 Å². The number of rotatable bonds is 5. The highest BCUT2D eigenvalue weighted by Gasteiger charge is 2.21. The first kappa shape index (κ1) is 14.2. The molecule has 2 aliphatic heterocycles. The van der Waals surface area contributed by atoms with E-state index in [1.807, 2.05) is 11.8 Å². The first-order valence-electron chi connectivity index (χ1n) is 7.00. The lowest BCUT2D eigenvalue weighted by atomic mass is 10.2. The van der Waals surface area contributed by atoms with Crippen LogP contribution in [0.25, 0.3) is 0 Å². The van der Waals surface area contributed by atoms with E-state index in [9.17, 15) is 4.79 Å². The van der Waals surface area contributed by atoms with Gasteiger partial charge in [0.25, 0.3) is 0 Å². The van der Waals surface area contributed by atoms with Gasteiger partial charge in [0.15, 0.2) is 0 Å². The molecule has 2 heterocycles. The van der Waals surface area contributed by atoms with Gasteiger partial charge in [0.05, 0.1) is 12.6 Å². The summed E-state index contributed by atoms with van der Waals surface area (Å²) in [5.41, 5.74) is 0. The van der Waals surface area contributed by atoms with Crippen LogP contribution in [0.15, 0.2) is 0 Å². The lowest BCUT2D eigenvalue weighted by molar-refractivity contribution is -0.122. The van der Waals surface area contributed by atoms with E-state index in [1.54, 1.807) is 0 Å². The average molecular weight is 272 g/mol. The fraction of sp³-hybridized carbons (Fsp3) is 0.923. The zero-order valence-electron chi connectivity index (χ0n) is 11.2. The monoisotopic (exact) mass is 272 g/mol. The molecule has 4 nitrogen and oxygen atoms in total. The molecule has 2 rings (SSSR count). The van der Waals surface area contributed by atoms with Crippen LogP contribution in [0.2, 0.25) is 0 Å². The highest BCUT2D eigenvalue weighted by molar-refractivity contribution is 8.00. The number of nitrogens with one attached hydrogen (secondary N) is 1. The lowest BCUT2D eigenvalue weighted by Gasteiger charge is -2.31. The molecule has 5 heteroatoms. The maximum Gasteiger partial charge on any atom is 0.234 e. The van der Waals surface area contributed by atoms with E-state index >= 15 is 0 Å². The summed E-state index contributed by atoms with van der Waals surface area (Å²) in [4.78, 5) is 14.1. The number of hydrogen-bond acceptors (Lipinski definition) is 4. The van der Waals surface area contributed by atoms with Crippen molar-refractivity contribution < 1.29 is 9.53 Å². The number of amides is 1. The molecule has 0 aromatic carbocycles. The predicted molar refractivity (Wildman–Crippen MR) is 75.0 cm³/mol. The molecule has 2 fully saturated rings. The second kappa shape index (κ2) is 7.36. The third kappa shape index (κ3) is 4.44. The van der Waals surface area contributed by atoms with Gasteiger partial charge in [-0.3, -0.25) is 9.69 Å². The molecule has 0 saturated carbocycles. The molecule has 0 aromatic heterocycles. The summed E-state index contributed by atoms with van der Waals surface area (Å²) < 4.78 is 5.50. The summed E-state index contributed by atoms with van der Waals surface area (Å²) in [6, 6.07) is 0. The summed E-state index contributed by atoms with van der Waals surface area (Å²) in [7, 11) is 0. The number of ether oxygens (including phenoxy) is 1. The van der Waals surface area contributed by atoms with Crippen LogP contribution in [0.4, 0.5) is 0 Å². The fourth-order valence-corrected chi connectivity index (χ4v) is 3.71. The Hall–Kier alpha value is -0.260. The van der Waals surface area contributed by atoms with Crippen molar-refractivity contribution in [2.24, 2.45) is 0 Å². The van der Waals surface area contributed by atoms with E-state index in [4.69, 9.17) is 4.74 Å². The Morgan fingerprint density at radius 3 is 3.17 bits per heavy atom. The second-order valence-electron chi connectivity index (χ2n) is 5.08. The number of hydrogen-bond donors (Lipinski definition) is 1. The first-order chi connectivity index (χ1) is 8.78. The molecule has 2 aliphatic rings. The molecule has 1 amide bonds. The molecule has 0 unspecified atom stereocenters. The lowest BCUT2D eigenvalue weighted by Crippen LogP contribution is -2.45. The minimum atomic E-state index is 0.146. The Balaban J connectivity index is 1.63. The normalized spacial score (nSPS) is 29.4. The summed E-state index contributed by atoms with van der Waals surface area (Å²) in [5, 5.41) is 3.69. The molecule has 0 aliphatic carbocycles. The van der Waals surface area contributed by atoms with Crippen LogP contribution < -0.4 is 5.32 Å². The van der Waals surface area contributed by atoms with Crippen molar-refractivity contribution in [3.8, 4) is 0 Å². The van der Waals surface area contributed by atoms with Gasteiger partial charge < -0.3 is 10.1 Å². The number of thioether (sulfide) groups is 1. The SMILES string of the molecule is CC[C@H]1CN(CC(=O)NC[C@H]2CCCO2)CCS1. The molecule has 0 radical (unpaired) electrons. The molecule has 18 heavy (non-hydrogen) atoms. The van der Waals surface area contributed by atoms with Crippen molar-refractivity contribution in [3.05, 3.63) is 0 Å². The zero-order valence-corrected chi connectivity index (χ0v) is 12.0. The first-order valence-corrected chi connectivity index (χ1v) is 8.05. The van der Waals surface area contributed by atoms with Gasteiger partial charge in [0.2, 0.25) is 5.91 Å². The number of carbonyl (C=O) groups is 1. The standard InChI is InChI=1S/C13H24N2O2S/c1-2-12-9-15(5-7-18-12)10-13(16)14-8-11-4-3-6-17-11/h11-12H,2-10H2,1H3,(H,14,16)/t11-,12+/m1/s1. The molecule has 2 atom stereocenters. The summed E-state index contributed by atoms with van der Waals surface area (Å²) in [5.74, 6) is 1.30. The van der Waals surface area contributed by atoms with Gasteiger partial charge in [-0.25, -0.2) is 0 Å². The van der Waals surface area contributed by atoms with E-state index in [1.165, 1.54) is 6.42 Å². The molecule has 0 bridgehead atoms. The van der Waals surface area contributed by atoms with E-state index < -0.39 is 0 Å². The van der Waals surface area contributed by atoms with Crippen molar-refractivity contribution >= 4 is 17.7 Å². The van der Waals surface area contributed by atoms with Crippen LogP contribution in [0.3, 0.4) is 0 Å². The van der Waals surface area contributed by atoms with Crippen LogP contribution >= 0.6 is 11.8 Å². The van der Waals surface area contributed by atoms with E-state index in [2.05, 4.69) is 17.1 Å². The molecule has 2 saturated heterocycles. The molecular weight excluding hydrogens is 248 g/mol. The highest BCUT2D eigenvalue weighted by Crippen LogP contribution is 2.20. The third-order valence-corrected chi connectivity index (χ3v) is 4.97. The van der Waals surface area contributed by atoms with Gasteiger partial charge in [-0.1, -0.05) is 6.92 Å². The Labute approximate surface area is 114 Å². The van der Waals surface area contributed by atoms with Crippen LogP contribution in [-0.2, 0) is 9.53 Å². The highest BCUT2D eigenvalue weighted by atomic mass is 32.2. The Morgan fingerprint density at radius 1 is 1.56 bits per heavy atom. The van der Waals surface area contributed by atoms with Crippen molar-refractivity contribution in [2.45, 2.75) is 37.5 Å². The van der Waals surface area contributed by atoms with E-state index in [0.29, 0.717) is 18.3 Å². The molecule has 1 N–H and O–H groups in total. The quantitative estimate of drug-likeness (QED) is 0.814. The van der Waals surface area contributed by atoms with Crippen molar-refractivity contribution in [2.75, 3.05) is 38.5 Å². The fourth-order valence-electron chi connectivity index (χ4n) is 2.46. The molecular formula is C13H24N2O2S. The Morgan fingerprint density at radius 2 is 2.44 bits per heavy atom. The molecule has 0 spiro atoms. The minimum Gasteiger partial charge on any atom is -0.376 e. The Kier molecular flexibility index (Phi) is 5.79. The molecule has 104 valence electrons. The van der Waals surface area contributed by atoms with Gasteiger partial charge in [0.1, 0.15) is 0 Å². The maximum atomic E-state index is 11.8. The predicted octanol–water partition coefficient (Wildman–Crippen LogP) is 1.11. The van der Waals surface area contributed by atoms with Gasteiger partial charge >= 0.3 is 0 Å². The smallest absolute Gasteiger partial charge is 0.234 e. The van der Waals surface area contributed by atoms with Crippen molar-refractivity contribution in [1.82, 2.24) is 10.2 Å². The van der Waals surface area contributed by atoms with Gasteiger partial charge in [-0.2, -0.15) is 11.8 Å². The minimum absolute atomic E-state index is 0.146. The summed E-state index contributed by atoms with van der Waals surface area (Å²) in [6.07, 6.45) is 3.65. The largest absolute Gasteiger partial charge is 0.376 e. The topological polar surface area (TPSA) is 41.6 Å². The zero-order chi connectivity index (χ0) is 12.8. The number of carbonyl (C=O) groups excluding carboxylic acids is 1. The van der Waals surface area contributed by atoms with E-state index in [-0.39, 0.29) is 12.0 Å². The van der Waals surface area contributed by atoms with Crippen LogP contribution in [0.1, 0.15) is 26.2 Å². The summed E-state index contributed by atoms with van der Waals surface area (Å²) >= 11 is 2.03. The average Bonchev–Trinajstić information content (AvgIpc) is 2.90. The van der Waals surface area contributed by atoms with Crippen molar-refractivity contribution in [1.29, 1.82) is 0 Å². The van der Waals surface area contributed by atoms with Gasteiger partial charge in [-0.15, -0.1) is 0 Å². The summed E-state index contributed by atoms with van der Waals surface area (Å²) in [6.45, 7) is 6.38. The van der Waals surface area contributed by atoms with E-state index in [0.717, 1.165) is 38.3 Å². The maximum absolute atomic E-state index is 11.8. The van der Waals surface area contributed by atoms with Crippen LogP contribution in [0, 0.1) is 0 Å². The van der Waals surface area contributed by atoms with Gasteiger partial charge in [-0.05, 0) is 19.3 Å². The third-order valence-electron chi connectivity index (χ3n) is 3.60.